The maximum absolute atomic E-state index is 12.1. The van der Waals surface area contributed by atoms with Crippen LogP contribution in [0.1, 0.15) is 48.7 Å². The van der Waals surface area contributed by atoms with Gasteiger partial charge in [0.25, 0.3) is 5.91 Å². The fourth-order valence-electron chi connectivity index (χ4n) is 3.58. The molecule has 1 aromatic carbocycles. The van der Waals surface area contributed by atoms with Crippen molar-refractivity contribution in [1.29, 1.82) is 0 Å². The number of amides is 1. The first-order valence-electron chi connectivity index (χ1n) is 9.36. The maximum atomic E-state index is 12.1. The van der Waals surface area contributed by atoms with Crippen molar-refractivity contribution in [2.24, 2.45) is 0 Å². The molecule has 7 nitrogen and oxygen atoms in total. The zero-order valence-electron chi connectivity index (χ0n) is 15.2. The van der Waals surface area contributed by atoms with E-state index in [9.17, 15) is 9.90 Å². The molecule has 26 heavy (non-hydrogen) atoms. The third-order valence-corrected chi connectivity index (χ3v) is 4.92. The van der Waals surface area contributed by atoms with Crippen LogP contribution in [0.4, 0.5) is 0 Å². The number of carbonyl (C=O) groups excluding carboxylic acids is 1. The van der Waals surface area contributed by atoms with E-state index in [-0.39, 0.29) is 12.5 Å². The van der Waals surface area contributed by atoms with Crippen LogP contribution in [0.25, 0.3) is 11.3 Å². The van der Waals surface area contributed by atoms with Gasteiger partial charge in [-0.05, 0) is 38.3 Å². The Balaban J connectivity index is 1.71. The standard InChI is InChI=1S/C19H27N5O2/c1-2-20-19(26)18-17(21-23-22-18)15-8-6-14(7-9-15)13-24-11-4-3-5-16(24)10-12-25/h6-9,16,25H,2-5,10-13H2,1H3,(H,20,26)(H,21,22,23). The zero-order chi connectivity index (χ0) is 18.4. The molecule has 0 radical (unpaired) electrons. The Morgan fingerprint density at radius 1 is 1.31 bits per heavy atom. The number of aromatic amines is 1. The smallest absolute Gasteiger partial charge is 0.274 e. The number of hydrogen-bond acceptors (Lipinski definition) is 5. The van der Waals surface area contributed by atoms with Crippen molar-refractivity contribution < 1.29 is 9.90 Å². The van der Waals surface area contributed by atoms with E-state index in [0.717, 1.165) is 31.5 Å². The summed E-state index contributed by atoms with van der Waals surface area (Å²) in [4.78, 5) is 14.5. The molecular formula is C19H27N5O2. The van der Waals surface area contributed by atoms with Gasteiger partial charge in [-0.3, -0.25) is 9.69 Å². The molecule has 3 rings (SSSR count). The number of aromatic nitrogens is 3. The molecule has 0 aliphatic carbocycles. The number of nitrogens with zero attached hydrogens (tertiary/aromatic N) is 3. The van der Waals surface area contributed by atoms with Crippen LogP contribution in [0.15, 0.2) is 24.3 Å². The Morgan fingerprint density at radius 3 is 2.85 bits per heavy atom. The molecule has 0 bridgehead atoms. The average molecular weight is 357 g/mol. The van der Waals surface area contributed by atoms with E-state index in [1.54, 1.807) is 0 Å². The zero-order valence-corrected chi connectivity index (χ0v) is 15.2. The van der Waals surface area contributed by atoms with Gasteiger partial charge in [-0.15, -0.1) is 0 Å². The topological polar surface area (TPSA) is 94.1 Å². The molecule has 1 aromatic heterocycles. The lowest BCUT2D eigenvalue weighted by Crippen LogP contribution is -2.39. The highest BCUT2D eigenvalue weighted by Gasteiger charge is 2.22. The molecule has 1 amide bonds. The quantitative estimate of drug-likeness (QED) is 0.704. The second-order valence-electron chi connectivity index (χ2n) is 6.71. The first-order valence-corrected chi connectivity index (χ1v) is 9.36. The van der Waals surface area contributed by atoms with Crippen LogP contribution in [0.2, 0.25) is 0 Å². The number of likely N-dealkylation sites (tertiary alicyclic amines) is 1. The molecule has 140 valence electrons. The van der Waals surface area contributed by atoms with Gasteiger partial charge < -0.3 is 10.4 Å². The minimum absolute atomic E-state index is 0.222. The largest absolute Gasteiger partial charge is 0.396 e. The highest BCUT2D eigenvalue weighted by Crippen LogP contribution is 2.24. The van der Waals surface area contributed by atoms with Crippen molar-refractivity contribution in [1.82, 2.24) is 25.6 Å². The monoisotopic (exact) mass is 357 g/mol. The van der Waals surface area contributed by atoms with Crippen LogP contribution in [0, 0.1) is 0 Å². The summed E-state index contributed by atoms with van der Waals surface area (Å²) in [7, 11) is 0. The molecule has 1 unspecified atom stereocenters. The number of carbonyl (C=O) groups is 1. The molecule has 7 heteroatoms. The maximum Gasteiger partial charge on any atom is 0.274 e. The minimum atomic E-state index is -0.222. The van der Waals surface area contributed by atoms with Crippen molar-refractivity contribution in [3.63, 3.8) is 0 Å². The second-order valence-corrected chi connectivity index (χ2v) is 6.71. The van der Waals surface area contributed by atoms with Crippen LogP contribution in [0.3, 0.4) is 0 Å². The van der Waals surface area contributed by atoms with E-state index < -0.39 is 0 Å². The number of nitrogens with one attached hydrogen (secondary N) is 2. The van der Waals surface area contributed by atoms with E-state index in [1.165, 1.54) is 18.4 Å². The molecule has 1 saturated heterocycles. The molecule has 1 fully saturated rings. The fraction of sp³-hybridized carbons (Fsp3) is 0.526. The summed E-state index contributed by atoms with van der Waals surface area (Å²) in [5.41, 5.74) is 2.98. The first-order chi connectivity index (χ1) is 12.7. The number of hydrogen-bond donors (Lipinski definition) is 3. The van der Waals surface area contributed by atoms with Crippen molar-refractivity contribution in [2.75, 3.05) is 19.7 Å². The Morgan fingerprint density at radius 2 is 2.12 bits per heavy atom. The van der Waals surface area contributed by atoms with Gasteiger partial charge in [0.2, 0.25) is 0 Å². The number of benzene rings is 1. The summed E-state index contributed by atoms with van der Waals surface area (Å²) in [6.45, 7) is 4.63. The number of H-pyrrole nitrogens is 1. The van der Waals surface area contributed by atoms with Gasteiger partial charge in [-0.2, -0.15) is 15.4 Å². The molecular weight excluding hydrogens is 330 g/mol. The summed E-state index contributed by atoms with van der Waals surface area (Å²) in [5, 5.41) is 22.7. The molecule has 0 saturated carbocycles. The van der Waals surface area contributed by atoms with E-state index in [2.05, 4.69) is 37.8 Å². The average Bonchev–Trinajstić information content (AvgIpc) is 3.14. The normalized spacial score (nSPS) is 18.0. The highest BCUT2D eigenvalue weighted by atomic mass is 16.3. The third kappa shape index (κ3) is 4.28. The van der Waals surface area contributed by atoms with Gasteiger partial charge in [0.05, 0.1) is 0 Å². The Kier molecular flexibility index (Phi) is 6.35. The molecule has 1 aliphatic heterocycles. The summed E-state index contributed by atoms with van der Waals surface area (Å²) in [6.07, 6.45) is 4.46. The van der Waals surface area contributed by atoms with Crippen molar-refractivity contribution in [3.05, 3.63) is 35.5 Å². The van der Waals surface area contributed by atoms with Crippen LogP contribution >= 0.6 is 0 Å². The number of aliphatic hydroxyl groups is 1. The summed E-state index contributed by atoms with van der Waals surface area (Å²) >= 11 is 0. The number of piperidine rings is 1. The van der Waals surface area contributed by atoms with Crippen LogP contribution in [0.5, 0.6) is 0 Å². The van der Waals surface area contributed by atoms with Gasteiger partial charge in [0.1, 0.15) is 5.69 Å². The molecule has 0 spiro atoms. The summed E-state index contributed by atoms with van der Waals surface area (Å²) in [6, 6.07) is 8.60. The lowest BCUT2D eigenvalue weighted by molar-refractivity contribution is 0.0951. The molecule has 1 aliphatic rings. The lowest BCUT2D eigenvalue weighted by atomic mass is 9.98. The number of rotatable bonds is 7. The predicted octanol–water partition coefficient (Wildman–Crippen LogP) is 1.96. The molecule has 2 aromatic rings. The summed E-state index contributed by atoms with van der Waals surface area (Å²) < 4.78 is 0. The van der Waals surface area contributed by atoms with Crippen LogP contribution in [-0.2, 0) is 6.54 Å². The minimum Gasteiger partial charge on any atom is -0.396 e. The van der Waals surface area contributed by atoms with Crippen molar-refractivity contribution >= 4 is 5.91 Å². The van der Waals surface area contributed by atoms with E-state index in [4.69, 9.17) is 0 Å². The van der Waals surface area contributed by atoms with Crippen molar-refractivity contribution in [2.45, 2.75) is 45.2 Å². The Bertz CT molecular complexity index is 711. The van der Waals surface area contributed by atoms with Crippen molar-refractivity contribution in [3.8, 4) is 11.3 Å². The van der Waals surface area contributed by atoms with Crippen LogP contribution in [-0.4, -0.2) is 57.1 Å². The van der Waals surface area contributed by atoms with Crippen LogP contribution < -0.4 is 5.32 Å². The number of aliphatic hydroxyl groups excluding tert-OH is 1. The predicted molar refractivity (Wildman–Crippen MR) is 99.6 cm³/mol. The Labute approximate surface area is 153 Å². The van der Waals surface area contributed by atoms with E-state index >= 15 is 0 Å². The van der Waals surface area contributed by atoms with Gasteiger partial charge >= 0.3 is 0 Å². The molecule has 2 heterocycles. The summed E-state index contributed by atoms with van der Waals surface area (Å²) in [5.74, 6) is -0.222. The first kappa shape index (κ1) is 18.5. The van der Waals surface area contributed by atoms with E-state index in [0.29, 0.717) is 24.0 Å². The van der Waals surface area contributed by atoms with Gasteiger partial charge in [0, 0.05) is 31.3 Å². The van der Waals surface area contributed by atoms with Gasteiger partial charge in [0.15, 0.2) is 5.69 Å². The Hall–Kier alpha value is -2.25. The molecule has 1 atom stereocenters. The lowest BCUT2D eigenvalue weighted by Gasteiger charge is -2.35. The van der Waals surface area contributed by atoms with E-state index in [1.807, 2.05) is 19.1 Å². The van der Waals surface area contributed by atoms with Gasteiger partial charge in [-0.25, -0.2) is 0 Å². The van der Waals surface area contributed by atoms with Gasteiger partial charge in [-0.1, -0.05) is 30.7 Å². The SMILES string of the molecule is CCNC(=O)c1n[nH]nc1-c1ccc(CN2CCCCC2CCO)cc1. The second kappa shape index (κ2) is 8.91. The third-order valence-electron chi connectivity index (χ3n) is 4.92. The fourth-order valence-corrected chi connectivity index (χ4v) is 3.58. The molecule has 3 N–H and O–H groups in total. The highest BCUT2D eigenvalue weighted by molar-refractivity contribution is 5.97.